The summed E-state index contributed by atoms with van der Waals surface area (Å²) in [7, 11) is -2.81. The molecular weight excluding hydrogens is 591 g/mol. The quantitative estimate of drug-likeness (QED) is 0.142. The average molecular weight is 624 g/mol. The molecule has 1 aromatic heterocycles. The topological polar surface area (TPSA) is 82.8 Å². The number of benzene rings is 3. The third-order valence-electron chi connectivity index (χ3n) is 7.05. The molecule has 0 fully saturated rings. The van der Waals surface area contributed by atoms with Crippen LogP contribution in [-0.4, -0.2) is 46.4 Å². The van der Waals surface area contributed by atoms with Crippen molar-refractivity contribution in [3.8, 4) is 22.6 Å². The van der Waals surface area contributed by atoms with Gasteiger partial charge in [0.25, 0.3) is 0 Å². The van der Waals surface area contributed by atoms with Crippen LogP contribution in [0.5, 0.6) is 11.5 Å². The summed E-state index contributed by atoms with van der Waals surface area (Å²) >= 11 is 0.130. The summed E-state index contributed by atoms with van der Waals surface area (Å²) in [4.78, 5) is 1.81. The van der Waals surface area contributed by atoms with Gasteiger partial charge in [0.05, 0.1) is 0 Å². The first-order valence-electron chi connectivity index (χ1n) is 13.2. The van der Waals surface area contributed by atoms with Crippen LogP contribution in [0.4, 0.5) is 5.69 Å². The van der Waals surface area contributed by atoms with E-state index < -0.39 is 15.4 Å². The van der Waals surface area contributed by atoms with Crippen molar-refractivity contribution in [2.24, 2.45) is 0 Å². The summed E-state index contributed by atoms with van der Waals surface area (Å²) in [5, 5.41) is -1.12. The van der Waals surface area contributed by atoms with Crippen molar-refractivity contribution in [2.75, 3.05) is 18.6 Å². The molecule has 3 aromatic carbocycles. The standard InChI is InChI=1S/C31H32N2O5SSe/c1-5-22(17-31-32(6-2)27-19-25(37-4)13-15-29(27)40-31)16-30-33(20-21(3)39(34,35)36)26-18-24(12-14-28(26)38-30)23-10-8-7-9-11-23/h7-19,21H,5-6,20H2,1-4H3. The molecule has 1 unspecified atom stereocenters. The van der Waals surface area contributed by atoms with E-state index in [4.69, 9.17) is 9.47 Å². The molecule has 208 valence electrons. The van der Waals surface area contributed by atoms with Gasteiger partial charge in [-0.15, -0.1) is 0 Å². The summed E-state index contributed by atoms with van der Waals surface area (Å²) in [6.45, 7) is 6.49. The van der Waals surface area contributed by atoms with Gasteiger partial charge < -0.3 is 0 Å². The first-order valence-corrected chi connectivity index (χ1v) is 16.4. The zero-order valence-corrected chi connectivity index (χ0v) is 25.5. The average Bonchev–Trinajstić information content (AvgIpc) is 3.48. The second kappa shape index (κ2) is 11.6. The SMILES string of the molecule is CCC(/C=C1\Oc2ccc(-c3ccccc3)cc2N1CC(C)S(=O)(=O)[O-])=C\c1[se]c2ccc(OC)cc2[n+]1CC. The Morgan fingerprint density at radius 3 is 2.55 bits per heavy atom. The molecule has 4 aromatic rings. The van der Waals surface area contributed by atoms with E-state index in [9.17, 15) is 13.0 Å². The molecular formula is C31H32N2O5SSe. The summed E-state index contributed by atoms with van der Waals surface area (Å²) in [5.41, 5.74) is 4.98. The fraction of sp³-hybridized carbons (Fsp3) is 0.258. The molecule has 0 amide bonds. The van der Waals surface area contributed by atoms with Crippen LogP contribution in [0.15, 0.2) is 84.3 Å². The number of aromatic nitrogens is 1. The molecule has 0 radical (unpaired) electrons. The Kier molecular flexibility index (Phi) is 8.19. The van der Waals surface area contributed by atoms with Crippen molar-refractivity contribution < 1.29 is 27.0 Å². The number of hydrogen-bond donors (Lipinski definition) is 0. The van der Waals surface area contributed by atoms with Crippen LogP contribution in [0, 0.1) is 0 Å². The maximum atomic E-state index is 11.9. The van der Waals surface area contributed by atoms with Gasteiger partial charge in [-0.25, -0.2) is 0 Å². The number of fused-ring (bicyclic) bond motifs is 2. The van der Waals surface area contributed by atoms with Crippen LogP contribution in [0.2, 0.25) is 0 Å². The number of aryl methyl sites for hydroxylation is 1. The number of anilines is 1. The van der Waals surface area contributed by atoms with Crippen molar-refractivity contribution in [2.45, 2.75) is 39.0 Å². The van der Waals surface area contributed by atoms with E-state index >= 15 is 0 Å². The van der Waals surface area contributed by atoms with Crippen molar-refractivity contribution in [1.29, 1.82) is 0 Å². The number of rotatable bonds is 9. The molecule has 1 aliphatic rings. The van der Waals surface area contributed by atoms with Gasteiger partial charge in [-0.1, -0.05) is 6.07 Å². The molecule has 7 nitrogen and oxygen atoms in total. The van der Waals surface area contributed by atoms with Gasteiger partial charge in [0.1, 0.15) is 0 Å². The summed E-state index contributed by atoms with van der Waals surface area (Å²) in [6, 6.07) is 22.0. The van der Waals surface area contributed by atoms with E-state index in [1.165, 1.54) is 21.3 Å². The van der Waals surface area contributed by atoms with E-state index in [0.29, 0.717) is 11.6 Å². The fourth-order valence-electron chi connectivity index (χ4n) is 4.76. The van der Waals surface area contributed by atoms with Crippen molar-refractivity contribution in [1.82, 2.24) is 0 Å². The zero-order valence-electron chi connectivity index (χ0n) is 23.0. The molecule has 0 bridgehead atoms. The zero-order chi connectivity index (χ0) is 28.4. The summed E-state index contributed by atoms with van der Waals surface area (Å²) in [6.07, 6.45) is 4.92. The van der Waals surface area contributed by atoms with Gasteiger partial charge in [0.15, 0.2) is 0 Å². The van der Waals surface area contributed by atoms with Crippen molar-refractivity contribution in [3.05, 3.63) is 88.8 Å². The fourth-order valence-corrected chi connectivity index (χ4v) is 7.57. The Labute approximate surface area is 241 Å². The third-order valence-corrected chi connectivity index (χ3v) is 10.5. The van der Waals surface area contributed by atoms with E-state index in [-0.39, 0.29) is 21.0 Å². The third kappa shape index (κ3) is 5.74. The first-order chi connectivity index (χ1) is 19.2. The molecule has 5 rings (SSSR count). The van der Waals surface area contributed by atoms with E-state index in [2.05, 4.69) is 36.6 Å². The normalized spacial score (nSPS) is 15.4. The first kappa shape index (κ1) is 28.2. The number of methoxy groups -OCH3 is 1. The summed E-state index contributed by atoms with van der Waals surface area (Å²) in [5.74, 6) is 1.97. The monoisotopic (exact) mass is 624 g/mol. The van der Waals surface area contributed by atoms with Crippen LogP contribution in [0.3, 0.4) is 0 Å². The number of allylic oxidation sites excluding steroid dienone is 2. The molecule has 0 spiro atoms. The molecule has 1 aliphatic heterocycles. The summed E-state index contributed by atoms with van der Waals surface area (Å²) < 4.78 is 52.2. The molecule has 40 heavy (non-hydrogen) atoms. The van der Waals surface area contributed by atoms with Crippen LogP contribution >= 0.6 is 0 Å². The predicted molar refractivity (Wildman–Crippen MR) is 159 cm³/mol. The van der Waals surface area contributed by atoms with Gasteiger partial charge in [0, 0.05) is 0 Å². The van der Waals surface area contributed by atoms with Crippen LogP contribution in [0.1, 0.15) is 31.8 Å². The Hall–Kier alpha value is -3.36. The van der Waals surface area contributed by atoms with Gasteiger partial charge in [-0.3, -0.25) is 0 Å². The molecule has 0 aliphatic carbocycles. The minimum absolute atomic E-state index is 0.00721. The molecule has 0 saturated heterocycles. The van der Waals surface area contributed by atoms with E-state index in [1.807, 2.05) is 65.6 Å². The van der Waals surface area contributed by atoms with E-state index in [0.717, 1.165) is 41.1 Å². The molecule has 9 heteroatoms. The van der Waals surface area contributed by atoms with Crippen LogP contribution in [-0.2, 0) is 16.7 Å². The van der Waals surface area contributed by atoms with Gasteiger partial charge >= 0.3 is 236 Å². The number of hydrogen-bond acceptors (Lipinski definition) is 6. The number of nitrogens with zero attached hydrogens (tertiary/aromatic N) is 2. The molecule has 2 heterocycles. The van der Waals surface area contributed by atoms with Gasteiger partial charge in [0.2, 0.25) is 0 Å². The Morgan fingerprint density at radius 2 is 1.88 bits per heavy atom. The molecule has 0 N–H and O–H groups in total. The minimum atomic E-state index is -4.49. The van der Waals surface area contributed by atoms with Crippen molar-refractivity contribution in [3.63, 3.8) is 0 Å². The van der Waals surface area contributed by atoms with E-state index in [1.54, 1.807) is 7.11 Å². The number of ether oxygens (including phenoxy) is 2. The van der Waals surface area contributed by atoms with Crippen LogP contribution in [0.25, 0.3) is 27.0 Å². The van der Waals surface area contributed by atoms with Gasteiger partial charge in [-0.2, -0.15) is 0 Å². The van der Waals surface area contributed by atoms with Crippen molar-refractivity contribution >= 4 is 46.2 Å². The Balaban J connectivity index is 1.57. The second-order valence-corrected chi connectivity index (χ2v) is 13.7. The molecule has 0 saturated carbocycles. The maximum absolute atomic E-state index is 11.9. The Bertz CT molecular complexity index is 1710. The molecule has 1 atom stereocenters. The second-order valence-electron chi connectivity index (χ2n) is 9.64. The Morgan fingerprint density at radius 1 is 1.10 bits per heavy atom. The van der Waals surface area contributed by atoms with Crippen LogP contribution < -0.4 is 18.9 Å². The van der Waals surface area contributed by atoms with Gasteiger partial charge in [-0.05, 0) is 0 Å². The predicted octanol–water partition coefficient (Wildman–Crippen LogP) is 5.35.